The molecule has 0 fully saturated rings. The van der Waals surface area contributed by atoms with E-state index in [0.29, 0.717) is 5.02 Å². The lowest BCUT2D eigenvalue weighted by Gasteiger charge is -2.17. The van der Waals surface area contributed by atoms with Crippen molar-refractivity contribution in [2.75, 3.05) is 7.05 Å². The molecule has 0 saturated heterocycles. The largest absolute Gasteiger partial charge is 0.272 e. The molecule has 0 saturated carbocycles. The lowest BCUT2D eigenvalue weighted by Crippen LogP contribution is -2.27. The summed E-state index contributed by atoms with van der Waals surface area (Å²) in [6, 6.07) is 6.27. The van der Waals surface area contributed by atoms with Crippen LogP contribution in [0.5, 0.6) is 0 Å². The van der Waals surface area contributed by atoms with E-state index in [-0.39, 0.29) is 11.4 Å². The number of sulfonamides is 1. The van der Waals surface area contributed by atoms with E-state index in [0.717, 1.165) is 17.0 Å². The maximum absolute atomic E-state index is 12.6. The number of rotatable bonds is 4. The van der Waals surface area contributed by atoms with Crippen molar-refractivity contribution in [1.29, 1.82) is 0 Å². The van der Waals surface area contributed by atoms with Crippen molar-refractivity contribution in [1.82, 2.24) is 14.1 Å². The van der Waals surface area contributed by atoms with Crippen LogP contribution in [0.4, 0.5) is 0 Å². The van der Waals surface area contributed by atoms with E-state index in [1.807, 2.05) is 20.9 Å². The molecule has 0 bridgehead atoms. The van der Waals surface area contributed by atoms with Crippen LogP contribution in [-0.4, -0.2) is 29.6 Å². The molecule has 0 N–H and O–H groups in total. The van der Waals surface area contributed by atoms with Crippen LogP contribution in [0.15, 0.2) is 29.2 Å². The zero-order chi connectivity index (χ0) is 15.8. The number of benzene rings is 1. The van der Waals surface area contributed by atoms with Gasteiger partial charge in [0.1, 0.15) is 0 Å². The highest BCUT2D eigenvalue weighted by molar-refractivity contribution is 7.89. The molecule has 114 valence electrons. The van der Waals surface area contributed by atoms with Gasteiger partial charge in [-0.3, -0.25) is 4.68 Å². The van der Waals surface area contributed by atoms with Crippen molar-refractivity contribution < 1.29 is 8.42 Å². The SMILES string of the molecule is Cc1nn(C)c(C)c1CN(C)S(=O)(=O)c1cccc(Cl)c1. The highest BCUT2D eigenvalue weighted by atomic mass is 35.5. The van der Waals surface area contributed by atoms with Crippen LogP contribution >= 0.6 is 11.6 Å². The number of hydrogen-bond donors (Lipinski definition) is 0. The zero-order valence-corrected chi connectivity index (χ0v) is 14.0. The van der Waals surface area contributed by atoms with Crippen molar-refractivity contribution in [3.63, 3.8) is 0 Å². The summed E-state index contributed by atoms with van der Waals surface area (Å²) in [7, 11) is -0.170. The molecule has 2 rings (SSSR count). The van der Waals surface area contributed by atoms with Gasteiger partial charge < -0.3 is 0 Å². The smallest absolute Gasteiger partial charge is 0.243 e. The number of halogens is 1. The first kappa shape index (κ1) is 16.0. The summed E-state index contributed by atoms with van der Waals surface area (Å²) >= 11 is 5.87. The Labute approximate surface area is 130 Å². The Hall–Kier alpha value is -1.37. The van der Waals surface area contributed by atoms with Gasteiger partial charge in [0.15, 0.2) is 0 Å². The average Bonchev–Trinajstić information content (AvgIpc) is 2.65. The van der Waals surface area contributed by atoms with Crippen molar-refractivity contribution in [2.24, 2.45) is 7.05 Å². The summed E-state index contributed by atoms with van der Waals surface area (Å²) in [6.07, 6.45) is 0. The summed E-state index contributed by atoms with van der Waals surface area (Å²) in [4.78, 5) is 0.191. The molecule has 0 aliphatic rings. The van der Waals surface area contributed by atoms with Crippen LogP contribution in [0, 0.1) is 13.8 Å². The predicted molar refractivity (Wildman–Crippen MR) is 82.8 cm³/mol. The third kappa shape index (κ3) is 3.12. The minimum absolute atomic E-state index is 0.191. The summed E-state index contributed by atoms with van der Waals surface area (Å²) < 4.78 is 28.2. The van der Waals surface area contributed by atoms with Crippen molar-refractivity contribution in [3.8, 4) is 0 Å². The second kappa shape index (κ2) is 5.79. The Morgan fingerprint density at radius 3 is 2.52 bits per heavy atom. The Balaban J connectivity index is 2.33. The molecule has 21 heavy (non-hydrogen) atoms. The van der Waals surface area contributed by atoms with Gasteiger partial charge in [-0.05, 0) is 32.0 Å². The minimum Gasteiger partial charge on any atom is -0.272 e. The van der Waals surface area contributed by atoms with Gasteiger partial charge in [0.05, 0.1) is 10.6 Å². The minimum atomic E-state index is -3.57. The number of aryl methyl sites for hydroxylation is 2. The van der Waals surface area contributed by atoms with Crippen LogP contribution in [0.2, 0.25) is 5.02 Å². The standard InChI is InChI=1S/C14H18ClN3O2S/c1-10-14(11(2)18(4)16-10)9-17(3)21(19,20)13-7-5-6-12(15)8-13/h5-8H,9H2,1-4H3. The third-order valence-electron chi connectivity index (χ3n) is 3.54. The molecule has 0 unspecified atom stereocenters. The molecule has 1 heterocycles. The fourth-order valence-electron chi connectivity index (χ4n) is 2.16. The van der Waals surface area contributed by atoms with Crippen LogP contribution in [0.3, 0.4) is 0 Å². The van der Waals surface area contributed by atoms with E-state index in [1.54, 1.807) is 29.9 Å². The molecular weight excluding hydrogens is 310 g/mol. The fourth-order valence-corrected chi connectivity index (χ4v) is 3.60. The molecule has 1 aromatic carbocycles. The lowest BCUT2D eigenvalue weighted by atomic mass is 10.2. The average molecular weight is 328 g/mol. The first-order chi connectivity index (χ1) is 9.73. The molecule has 0 atom stereocenters. The van der Waals surface area contributed by atoms with E-state index in [2.05, 4.69) is 5.10 Å². The Kier molecular flexibility index (Phi) is 4.41. The van der Waals surface area contributed by atoms with E-state index in [9.17, 15) is 8.42 Å². The van der Waals surface area contributed by atoms with Crippen molar-refractivity contribution in [3.05, 3.63) is 46.2 Å². The topological polar surface area (TPSA) is 55.2 Å². The first-order valence-corrected chi connectivity index (χ1v) is 8.26. The third-order valence-corrected chi connectivity index (χ3v) is 5.58. The molecule has 0 spiro atoms. The summed E-state index contributed by atoms with van der Waals surface area (Å²) in [5, 5.41) is 4.71. The molecule has 7 heteroatoms. The highest BCUT2D eigenvalue weighted by Gasteiger charge is 2.23. The first-order valence-electron chi connectivity index (χ1n) is 6.44. The monoisotopic (exact) mass is 327 g/mol. The van der Waals surface area contributed by atoms with E-state index < -0.39 is 10.0 Å². The van der Waals surface area contributed by atoms with E-state index in [1.165, 1.54) is 10.4 Å². The molecule has 0 aliphatic carbocycles. The molecule has 0 radical (unpaired) electrons. The Morgan fingerprint density at radius 2 is 2.00 bits per heavy atom. The van der Waals surface area contributed by atoms with Gasteiger partial charge in [0.2, 0.25) is 10.0 Å². The zero-order valence-electron chi connectivity index (χ0n) is 12.5. The van der Waals surface area contributed by atoms with E-state index in [4.69, 9.17) is 11.6 Å². The maximum Gasteiger partial charge on any atom is 0.243 e. The van der Waals surface area contributed by atoms with Gasteiger partial charge in [0.25, 0.3) is 0 Å². The van der Waals surface area contributed by atoms with Crippen LogP contribution in [-0.2, 0) is 23.6 Å². The highest BCUT2D eigenvalue weighted by Crippen LogP contribution is 2.22. The van der Waals surface area contributed by atoms with Crippen LogP contribution in [0.25, 0.3) is 0 Å². The number of hydrogen-bond acceptors (Lipinski definition) is 3. The Bertz CT molecular complexity index is 769. The summed E-state index contributed by atoms with van der Waals surface area (Å²) in [6.45, 7) is 4.08. The number of aromatic nitrogens is 2. The van der Waals surface area contributed by atoms with Crippen molar-refractivity contribution >= 4 is 21.6 Å². The van der Waals surface area contributed by atoms with Gasteiger partial charge >= 0.3 is 0 Å². The molecule has 5 nitrogen and oxygen atoms in total. The van der Waals surface area contributed by atoms with Gasteiger partial charge in [0, 0.05) is 36.9 Å². The van der Waals surface area contributed by atoms with E-state index >= 15 is 0 Å². The summed E-state index contributed by atoms with van der Waals surface area (Å²) in [5.41, 5.74) is 2.72. The molecule has 0 aliphatic heterocycles. The van der Waals surface area contributed by atoms with Crippen molar-refractivity contribution in [2.45, 2.75) is 25.3 Å². The Morgan fingerprint density at radius 1 is 1.33 bits per heavy atom. The second-order valence-corrected chi connectivity index (χ2v) is 7.47. The molecule has 1 aromatic heterocycles. The quantitative estimate of drug-likeness (QED) is 0.867. The number of nitrogens with zero attached hydrogens (tertiary/aromatic N) is 3. The van der Waals surface area contributed by atoms with Crippen LogP contribution < -0.4 is 0 Å². The fraction of sp³-hybridized carbons (Fsp3) is 0.357. The maximum atomic E-state index is 12.6. The molecule has 0 amide bonds. The van der Waals surface area contributed by atoms with Gasteiger partial charge in [-0.2, -0.15) is 9.40 Å². The normalized spacial score (nSPS) is 12.1. The van der Waals surface area contributed by atoms with Gasteiger partial charge in [-0.15, -0.1) is 0 Å². The molecular formula is C14H18ClN3O2S. The second-order valence-electron chi connectivity index (χ2n) is 4.99. The summed E-state index contributed by atoms with van der Waals surface area (Å²) in [5.74, 6) is 0. The van der Waals surface area contributed by atoms with Gasteiger partial charge in [-0.25, -0.2) is 8.42 Å². The van der Waals surface area contributed by atoms with Gasteiger partial charge in [-0.1, -0.05) is 17.7 Å². The lowest BCUT2D eigenvalue weighted by molar-refractivity contribution is 0.465. The molecule has 2 aromatic rings. The van der Waals surface area contributed by atoms with Crippen LogP contribution in [0.1, 0.15) is 17.0 Å². The predicted octanol–water partition coefficient (Wildman–Crippen LogP) is 2.51.